The third kappa shape index (κ3) is 2.17. The number of thioether (sulfide) groups is 1. The maximum absolute atomic E-state index is 12.2. The molecule has 0 saturated heterocycles. The Hall–Kier alpha value is -2.00. The van der Waals surface area contributed by atoms with Crippen molar-refractivity contribution in [1.29, 1.82) is 0 Å². The Morgan fingerprint density at radius 1 is 1.16 bits per heavy atom. The quantitative estimate of drug-likeness (QED) is 0.793. The molecular weight excluding hydrogens is 256 g/mol. The standard InChI is InChI=1S/C16H12O2S/c1-10-6-7-11(13(17)8-10)9-15-16(18)12-4-2-3-5-14(12)19-15/h2-9,17H,1H3/b15-9-. The molecule has 0 radical (unpaired) electrons. The lowest BCUT2D eigenvalue weighted by Gasteiger charge is -2.01. The van der Waals surface area contributed by atoms with E-state index in [4.69, 9.17) is 0 Å². The zero-order chi connectivity index (χ0) is 13.4. The molecule has 0 aliphatic carbocycles. The second-order valence-corrected chi connectivity index (χ2v) is 5.58. The van der Waals surface area contributed by atoms with Gasteiger partial charge in [-0.15, -0.1) is 0 Å². The summed E-state index contributed by atoms with van der Waals surface area (Å²) in [6, 6.07) is 13.0. The van der Waals surface area contributed by atoms with Crippen molar-refractivity contribution in [1.82, 2.24) is 0 Å². The molecule has 2 aromatic rings. The third-order valence-corrected chi connectivity index (χ3v) is 4.15. The van der Waals surface area contributed by atoms with Gasteiger partial charge in [-0.25, -0.2) is 0 Å². The highest BCUT2D eigenvalue weighted by Gasteiger charge is 2.25. The van der Waals surface area contributed by atoms with E-state index in [1.54, 1.807) is 12.1 Å². The number of carbonyl (C=O) groups excluding carboxylic acids is 1. The highest BCUT2D eigenvalue weighted by atomic mass is 32.2. The lowest BCUT2D eigenvalue weighted by Crippen LogP contribution is -1.93. The van der Waals surface area contributed by atoms with Crippen molar-refractivity contribution in [2.24, 2.45) is 0 Å². The minimum Gasteiger partial charge on any atom is -0.507 e. The van der Waals surface area contributed by atoms with Crippen molar-refractivity contribution in [3.05, 3.63) is 64.1 Å². The summed E-state index contributed by atoms with van der Waals surface area (Å²) < 4.78 is 0. The fourth-order valence-electron chi connectivity index (χ4n) is 2.05. The molecular formula is C16H12O2S. The van der Waals surface area contributed by atoms with Crippen molar-refractivity contribution in [3.8, 4) is 5.75 Å². The molecule has 94 valence electrons. The summed E-state index contributed by atoms with van der Waals surface area (Å²) in [5.41, 5.74) is 2.41. The first-order valence-corrected chi connectivity index (χ1v) is 6.80. The van der Waals surface area contributed by atoms with E-state index in [-0.39, 0.29) is 11.5 Å². The molecule has 1 aliphatic heterocycles. The van der Waals surface area contributed by atoms with Crippen LogP contribution in [0, 0.1) is 6.92 Å². The topological polar surface area (TPSA) is 37.3 Å². The largest absolute Gasteiger partial charge is 0.507 e. The fraction of sp³-hybridized carbons (Fsp3) is 0.0625. The van der Waals surface area contributed by atoms with Crippen molar-refractivity contribution >= 4 is 23.6 Å². The third-order valence-electron chi connectivity index (χ3n) is 3.05. The number of phenols is 1. The molecule has 0 unspecified atom stereocenters. The van der Waals surface area contributed by atoms with Gasteiger partial charge in [-0.05, 0) is 36.8 Å². The Balaban J connectivity index is 2.01. The first kappa shape index (κ1) is 12.1. The van der Waals surface area contributed by atoms with Gasteiger partial charge in [-0.2, -0.15) is 0 Å². The normalized spacial score (nSPS) is 15.8. The van der Waals surface area contributed by atoms with E-state index < -0.39 is 0 Å². The number of Topliss-reactive ketones (excluding diaryl/α,β-unsaturated/α-hetero) is 1. The lowest BCUT2D eigenvalue weighted by atomic mass is 10.1. The molecule has 19 heavy (non-hydrogen) atoms. The number of carbonyl (C=O) groups is 1. The van der Waals surface area contributed by atoms with E-state index in [1.165, 1.54) is 11.8 Å². The average molecular weight is 268 g/mol. The number of allylic oxidation sites excluding steroid dienone is 1. The summed E-state index contributed by atoms with van der Waals surface area (Å²) in [5, 5.41) is 9.89. The van der Waals surface area contributed by atoms with Crippen molar-refractivity contribution < 1.29 is 9.90 Å². The second-order valence-electron chi connectivity index (χ2n) is 4.50. The van der Waals surface area contributed by atoms with Crippen LogP contribution in [0.2, 0.25) is 0 Å². The molecule has 1 N–H and O–H groups in total. The van der Waals surface area contributed by atoms with Crippen molar-refractivity contribution in [2.75, 3.05) is 0 Å². The molecule has 3 rings (SSSR count). The van der Waals surface area contributed by atoms with Gasteiger partial charge in [-0.3, -0.25) is 4.79 Å². The molecule has 2 aromatic carbocycles. The SMILES string of the molecule is Cc1ccc(/C=C2\Sc3ccccc3C2=O)c(O)c1. The van der Waals surface area contributed by atoms with Crippen LogP contribution < -0.4 is 0 Å². The molecule has 0 atom stereocenters. The first-order valence-electron chi connectivity index (χ1n) is 5.98. The Morgan fingerprint density at radius 2 is 1.95 bits per heavy atom. The van der Waals surface area contributed by atoms with E-state index in [1.807, 2.05) is 43.3 Å². The van der Waals surface area contributed by atoms with Gasteiger partial charge >= 0.3 is 0 Å². The van der Waals surface area contributed by atoms with E-state index in [9.17, 15) is 9.90 Å². The number of hydrogen-bond acceptors (Lipinski definition) is 3. The van der Waals surface area contributed by atoms with Crippen LogP contribution >= 0.6 is 11.8 Å². The summed E-state index contributed by atoms with van der Waals surface area (Å²) in [6.45, 7) is 1.92. The van der Waals surface area contributed by atoms with Gasteiger partial charge in [0.05, 0.1) is 4.91 Å². The molecule has 0 spiro atoms. The number of benzene rings is 2. The number of hydrogen-bond donors (Lipinski definition) is 1. The van der Waals surface area contributed by atoms with Crippen LogP contribution in [0.3, 0.4) is 0 Å². The molecule has 0 aromatic heterocycles. The van der Waals surface area contributed by atoms with Crippen LogP contribution in [-0.2, 0) is 0 Å². The molecule has 0 amide bonds. The molecule has 3 heteroatoms. The van der Waals surface area contributed by atoms with E-state index in [2.05, 4.69) is 0 Å². The first-order chi connectivity index (χ1) is 9.15. The van der Waals surface area contributed by atoms with Crippen LogP contribution in [-0.4, -0.2) is 10.9 Å². The number of ketones is 1. The maximum Gasteiger partial charge on any atom is 0.200 e. The minimum absolute atomic E-state index is 0.0283. The monoisotopic (exact) mass is 268 g/mol. The van der Waals surface area contributed by atoms with Gasteiger partial charge in [0.25, 0.3) is 0 Å². The van der Waals surface area contributed by atoms with E-state index in [0.717, 1.165) is 16.0 Å². The van der Waals surface area contributed by atoms with Crippen molar-refractivity contribution in [2.45, 2.75) is 11.8 Å². The number of aromatic hydroxyl groups is 1. The smallest absolute Gasteiger partial charge is 0.200 e. The molecule has 2 nitrogen and oxygen atoms in total. The Labute approximate surface area is 115 Å². The number of phenolic OH excluding ortho intramolecular Hbond substituents is 1. The summed E-state index contributed by atoms with van der Waals surface area (Å²) in [5.74, 6) is 0.234. The van der Waals surface area contributed by atoms with Gasteiger partial charge in [0.2, 0.25) is 5.78 Å². The van der Waals surface area contributed by atoms with Gasteiger partial charge in [0.1, 0.15) is 5.75 Å². The van der Waals surface area contributed by atoms with Gasteiger partial charge in [0.15, 0.2) is 0 Å². The molecule has 0 bridgehead atoms. The number of fused-ring (bicyclic) bond motifs is 1. The zero-order valence-corrected chi connectivity index (χ0v) is 11.2. The van der Waals surface area contributed by atoms with Gasteiger partial charge in [0, 0.05) is 16.0 Å². The number of aryl methyl sites for hydroxylation is 1. The summed E-state index contributed by atoms with van der Waals surface area (Å²) in [7, 11) is 0. The predicted molar refractivity (Wildman–Crippen MR) is 77.5 cm³/mol. The van der Waals surface area contributed by atoms with Crippen LogP contribution in [0.5, 0.6) is 5.75 Å². The maximum atomic E-state index is 12.2. The Kier molecular flexibility index (Phi) is 2.91. The molecule has 0 fully saturated rings. The zero-order valence-electron chi connectivity index (χ0n) is 10.4. The fourth-order valence-corrected chi connectivity index (χ4v) is 3.10. The van der Waals surface area contributed by atoms with Gasteiger partial charge in [-0.1, -0.05) is 36.0 Å². The molecule has 1 heterocycles. The lowest BCUT2D eigenvalue weighted by molar-refractivity contribution is 0.104. The Bertz CT molecular complexity index is 702. The van der Waals surface area contributed by atoms with E-state index >= 15 is 0 Å². The van der Waals surface area contributed by atoms with Crippen LogP contribution in [0.1, 0.15) is 21.5 Å². The molecule has 0 saturated carbocycles. The van der Waals surface area contributed by atoms with Crippen LogP contribution in [0.4, 0.5) is 0 Å². The highest BCUT2D eigenvalue weighted by Crippen LogP contribution is 2.41. The van der Waals surface area contributed by atoms with Crippen LogP contribution in [0.15, 0.2) is 52.3 Å². The van der Waals surface area contributed by atoms with Crippen LogP contribution in [0.25, 0.3) is 6.08 Å². The van der Waals surface area contributed by atoms with Gasteiger partial charge < -0.3 is 5.11 Å². The summed E-state index contributed by atoms with van der Waals surface area (Å²) in [4.78, 5) is 13.8. The second kappa shape index (κ2) is 4.59. The summed E-state index contributed by atoms with van der Waals surface area (Å²) >= 11 is 1.45. The Morgan fingerprint density at radius 3 is 2.68 bits per heavy atom. The van der Waals surface area contributed by atoms with Crippen molar-refractivity contribution in [3.63, 3.8) is 0 Å². The number of rotatable bonds is 1. The predicted octanol–water partition coefficient (Wildman–Crippen LogP) is 4.03. The molecule has 1 aliphatic rings. The average Bonchev–Trinajstić information content (AvgIpc) is 2.70. The van der Waals surface area contributed by atoms with E-state index in [0.29, 0.717) is 10.5 Å². The minimum atomic E-state index is 0.0283. The highest BCUT2D eigenvalue weighted by molar-refractivity contribution is 8.04. The summed E-state index contributed by atoms with van der Waals surface area (Å²) in [6.07, 6.45) is 1.75.